The largest absolute Gasteiger partial charge is 0.355 e. The highest BCUT2D eigenvalue weighted by atomic mass is 35.5. The van der Waals surface area contributed by atoms with E-state index in [1.807, 2.05) is 48.8 Å². The predicted octanol–water partition coefficient (Wildman–Crippen LogP) is 4.12. The van der Waals surface area contributed by atoms with Gasteiger partial charge in [-0.2, -0.15) is 5.10 Å². The summed E-state index contributed by atoms with van der Waals surface area (Å²) in [7, 11) is 0. The number of rotatable bonds is 3. The lowest BCUT2D eigenvalue weighted by Gasteiger charge is -2.49. The fraction of sp³-hybridized carbons (Fsp3) is 0.263. The Balaban J connectivity index is 1.65. The van der Waals surface area contributed by atoms with Crippen molar-refractivity contribution >= 4 is 17.4 Å². The average Bonchev–Trinajstić information content (AvgIpc) is 3.07. The number of anilines is 1. The van der Waals surface area contributed by atoms with Crippen molar-refractivity contribution in [3.05, 3.63) is 53.8 Å². The number of ether oxygens (including phenoxy) is 1. The normalized spacial score (nSPS) is 21.9. The number of H-pyrrole nitrogens is 1. The molecule has 2 aromatic heterocycles. The van der Waals surface area contributed by atoms with E-state index in [2.05, 4.69) is 20.1 Å². The van der Waals surface area contributed by atoms with E-state index in [0.717, 1.165) is 52.6 Å². The van der Waals surface area contributed by atoms with E-state index in [0.29, 0.717) is 6.10 Å². The Bertz CT molecular complexity index is 885. The molecule has 1 aromatic carbocycles. The fourth-order valence-corrected chi connectivity index (χ4v) is 3.78. The van der Waals surface area contributed by atoms with Gasteiger partial charge < -0.3 is 9.64 Å². The summed E-state index contributed by atoms with van der Waals surface area (Å²) >= 11 is 6.05. The lowest BCUT2D eigenvalue weighted by atomic mass is 9.97. The highest BCUT2D eigenvalue weighted by Crippen LogP contribution is 2.42. The second kappa shape index (κ2) is 5.86. The van der Waals surface area contributed by atoms with Crippen molar-refractivity contribution in [2.45, 2.75) is 25.2 Å². The molecule has 126 valence electrons. The van der Waals surface area contributed by atoms with Crippen LogP contribution < -0.4 is 4.90 Å². The van der Waals surface area contributed by atoms with Crippen molar-refractivity contribution in [1.29, 1.82) is 0 Å². The van der Waals surface area contributed by atoms with Crippen LogP contribution in [0, 0.1) is 0 Å². The number of aromatic amines is 1. The maximum absolute atomic E-state index is 6.05. The Kier molecular flexibility index (Phi) is 3.50. The zero-order chi connectivity index (χ0) is 16.8. The van der Waals surface area contributed by atoms with Crippen LogP contribution in [0.3, 0.4) is 0 Å². The topological polar surface area (TPSA) is 54.0 Å². The van der Waals surface area contributed by atoms with Gasteiger partial charge in [-0.05, 0) is 36.2 Å². The van der Waals surface area contributed by atoms with Crippen molar-refractivity contribution in [2.24, 2.45) is 0 Å². The summed E-state index contributed by atoms with van der Waals surface area (Å²) in [6.07, 6.45) is 6.35. The minimum absolute atomic E-state index is 0.151. The molecule has 0 aliphatic carbocycles. The van der Waals surface area contributed by atoms with Crippen LogP contribution in [-0.2, 0) is 4.74 Å². The molecular weight excluding hydrogens is 336 g/mol. The fourth-order valence-electron chi connectivity index (χ4n) is 3.65. The van der Waals surface area contributed by atoms with Crippen LogP contribution in [0.5, 0.6) is 0 Å². The average molecular weight is 353 g/mol. The third-order valence-electron chi connectivity index (χ3n) is 4.97. The van der Waals surface area contributed by atoms with Gasteiger partial charge in [-0.15, -0.1) is 0 Å². The van der Waals surface area contributed by atoms with E-state index in [4.69, 9.17) is 16.3 Å². The number of halogens is 1. The van der Waals surface area contributed by atoms with Gasteiger partial charge >= 0.3 is 0 Å². The zero-order valence-corrected chi connectivity index (χ0v) is 14.3. The van der Waals surface area contributed by atoms with Crippen LogP contribution in [0.15, 0.2) is 48.8 Å². The Hall–Kier alpha value is -2.37. The third-order valence-corrected chi connectivity index (χ3v) is 5.23. The molecule has 6 rings (SSSR count). The SMILES string of the molecule is Clc1ccc(-c2n[nH]c(N3CCC4CC3O4)c2-c2ccncc2)cc1. The molecule has 0 spiro atoms. The van der Waals surface area contributed by atoms with E-state index in [9.17, 15) is 0 Å². The number of benzene rings is 1. The Labute approximate surface area is 150 Å². The molecule has 3 aromatic rings. The molecule has 3 saturated heterocycles. The van der Waals surface area contributed by atoms with Crippen molar-refractivity contribution in [3.8, 4) is 22.4 Å². The molecule has 5 nitrogen and oxygen atoms in total. The number of nitrogens with one attached hydrogen (secondary N) is 1. The summed E-state index contributed by atoms with van der Waals surface area (Å²) < 4.78 is 5.91. The maximum Gasteiger partial charge on any atom is 0.134 e. The molecule has 3 aliphatic heterocycles. The second-order valence-corrected chi connectivity index (χ2v) is 6.91. The van der Waals surface area contributed by atoms with Crippen molar-refractivity contribution in [3.63, 3.8) is 0 Å². The first-order valence-electron chi connectivity index (χ1n) is 8.46. The molecule has 0 radical (unpaired) electrons. The van der Waals surface area contributed by atoms with Gasteiger partial charge in [0.15, 0.2) is 0 Å². The number of nitrogens with zero attached hydrogens (tertiary/aromatic N) is 3. The number of piperidine rings is 1. The molecule has 6 heteroatoms. The Morgan fingerprint density at radius 2 is 1.84 bits per heavy atom. The highest BCUT2D eigenvalue weighted by molar-refractivity contribution is 6.30. The van der Waals surface area contributed by atoms with E-state index in [1.165, 1.54) is 0 Å². The first-order chi connectivity index (χ1) is 12.3. The third kappa shape index (κ3) is 2.51. The van der Waals surface area contributed by atoms with Gasteiger partial charge in [0.1, 0.15) is 17.7 Å². The summed E-state index contributed by atoms with van der Waals surface area (Å²) in [4.78, 5) is 6.44. The summed E-state index contributed by atoms with van der Waals surface area (Å²) in [5, 5.41) is 8.60. The number of hydrogen-bond acceptors (Lipinski definition) is 4. The van der Waals surface area contributed by atoms with E-state index in [1.54, 1.807) is 0 Å². The lowest BCUT2D eigenvalue weighted by Crippen LogP contribution is -2.56. The van der Waals surface area contributed by atoms with E-state index >= 15 is 0 Å². The summed E-state index contributed by atoms with van der Waals surface area (Å²) in [5.74, 6) is 1.01. The molecular formula is C19H17ClN4O. The van der Waals surface area contributed by atoms with Gasteiger partial charge in [0, 0.05) is 35.9 Å². The van der Waals surface area contributed by atoms with Gasteiger partial charge in [0.25, 0.3) is 0 Å². The predicted molar refractivity (Wildman–Crippen MR) is 97.5 cm³/mol. The van der Waals surface area contributed by atoms with Crippen LogP contribution in [0.4, 0.5) is 5.82 Å². The van der Waals surface area contributed by atoms with Gasteiger partial charge in [0.05, 0.1) is 11.7 Å². The van der Waals surface area contributed by atoms with Crippen LogP contribution in [0.2, 0.25) is 5.02 Å². The summed E-state index contributed by atoms with van der Waals surface area (Å²) in [5.41, 5.74) is 4.12. The number of hydrogen-bond donors (Lipinski definition) is 1. The summed E-state index contributed by atoms with van der Waals surface area (Å²) in [6, 6.07) is 11.8. The standard InChI is InChI=1S/C19H17ClN4O/c20-14-3-1-13(2-4-14)18-17(12-5-8-21-9-6-12)19(23-22-18)24-10-7-15-11-16(24)25-15/h1-6,8-9,15-16H,7,10-11H2,(H,22,23). The number of fused-ring (bicyclic) bond motifs is 2. The molecule has 3 fully saturated rings. The van der Waals surface area contributed by atoms with E-state index < -0.39 is 0 Å². The Morgan fingerprint density at radius 1 is 1.08 bits per heavy atom. The lowest BCUT2D eigenvalue weighted by molar-refractivity contribution is -0.147. The van der Waals surface area contributed by atoms with Crippen LogP contribution in [0.1, 0.15) is 12.8 Å². The first-order valence-corrected chi connectivity index (χ1v) is 8.84. The zero-order valence-electron chi connectivity index (χ0n) is 13.5. The highest BCUT2D eigenvalue weighted by Gasteiger charge is 2.41. The van der Waals surface area contributed by atoms with Gasteiger partial charge in [-0.1, -0.05) is 23.7 Å². The van der Waals surface area contributed by atoms with Crippen LogP contribution in [-0.4, -0.2) is 34.1 Å². The van der Waals surface area contributed by atoms with Crippen molar-refractivity contribution in [2.75, 3.05) is 11.4 Å². The molecule has 0 saturated carbocycles. The first kappa shape index (κ1) is 14.9. The quantitative estimate of drug-likeness (QED) is 0.770. The second-order valence-electron chi connectivity index (χ2n) is 6.47. The van der Waals surface area contributed by atoms with Crippen molar-refractivity contribution in [1.82, 2.24) is 15.2 Å². The van der Waals surface area contributed by atoms with Gasteiger partial charge in [0.2, 0.25) is 0 Å². The minimum atomic E-state index is 0.151. The van der Waals surface area contributed by atoms with Crippen LogP contribution in [0.25, 0.3) is 22.4 Å². The van der Waals surface area contributed by atoms with Gasteiger partial charge in [-0.3, -0.25) is 10.1 Å². The van der Waals surface area contributed by atoms with Crippen molar-refractivity contribution < 1.29 is 4.74 Å². The molecule has 25 heavy (non-hydrogen) atoms. The minimum Gasteiger partial charge on any atom is -0.355 e. The smallest absolute Gasteiger partial charge is 0.134 e. The molecule has 5 heterocycles. The molecule has 0 amide bonds. The molecule has 1 N–H and O–H groups in total. The van der Waals surface area contributed by atoms with E-state index in [-0.39, 0.29) is 6.23 Å². The molecule has 3 aliphatic rings. The summed E-state index contributed by atoms with van der Waals surface area (Å²) in [6.45, 7) is 0.982. The van der Waals surface area contributed by atoms with Crippen LogP contribution >= 0.6 is 11.6 Å². The molecule has 2 bridgehead atoms. The Morgan fingerprint density at radius 3 is 2.52 bits per heavy atom. The monoisotopic (exact) mass is 352 g/mol. The molecule has 2 unspecified atom stereocenters. The number of aromatic nitrogens is 3. The molecule has 2 atom stereocenters. The van der Waals surface area contributed by atoms with Gasteiger partial charge in [-0.25, -0.2) is 0 Å². The number of pyridine rings is 1. The maximum atomic E-state index is 6.05.